The third-order valence-electron chi connectivity index (χ3n) is 5.25. The fourth-order valence-corrected chi connectivity index (χ4v) is 4.69. The molecule has 3 aromatic carbocycles. The molecule has 0 unspecified atom stereocenters. The number of carbonyl (C=O) groups is 3. The fourth-order valence-electron chi connectivity index (χ4n) is 3.44. The Balaban J connectivity index is 1.53. The highest BCUT2D eigenvalue weighted by molar-refractivity contribution is 9.10. The van der Waals surface area contributed by atoms with Crippen molar-refractivity contribution in [3.05, 3.63) is 92.8 Å². The molecule has 7 nitrogen and oxygen atoms in total. The number of nitrogens with zero attached hydrogens (tertiary/aromatic N) is 1. The summed E-state index contributed by atoms with van der Waals surface area (Å²) in [6.45, 7) is 2.34. The smallest absolute Gasteiger partial charge is 0.343 e. The van der Waals surface area contributed by atoms with Gasteiger partial charge in [0.25, 0.3) is 11.1 Å². The second kappa shape index (κ2) is 11.5. The van der Waals surface area contributed by atoms with Crippen LogP contribution in [0.2, 0.25) is 0 Å². The summed E-state index contributed by atoms with van der Waals surface area (Å²) in [7, 11) is 1.55. The molecule has 0 N–H and O–H groups in total. The molecule has 9 heteroatoms. The number of thioether (sulfide) groups is 1. The van der Waals surface area contributed by atoms with E-state index >= 15 is 0 Å². The molecule has 1 aliphatic rings. The van der Waals surface area contributed by atoms with Crippen LogP contribution in [0, 0.1) is 0 Å². The van der Waals surface area contributed by atoms with Gasteiger partial charge in [-0.05, 0) is 78.4 Å². The number of imide groups is 1. The topological polar surface area (TPSA) is 82.1 Å². The molecule has 1 heterocycles. The van der Waals surface area contributed by atoms with E-state index in [1.54, 1.807) is 55.7 Å². The van der Waals surface area contributed by atoms with Gasteiger partial charge in [0.15, 0.2) is 11.5 Å². The van der Waals surface area contributed by atoms with E-state index in [0.29, 0.717) is 34.1 Å². The summed E-state index contributed by atoms with van der Waals surface area (Å²) in [5, 5.41) is -0.336. The first-order chi connectivity index (χ1) is 17.4. The zero-order valence-electron chi connectivity index (χ0n) is 19.5. The summed E-state index contributed by atoms with van der Waals surface area (Å²) in [5.41, 5.74) is 1.83. The molecule has 0 spiro atoms. The maximum atomic E-state index is 13.0. The van der Waals surface area contributed by atoms with E-state index in [0.717, 1.165) is 21.8 Å². The predicted molar refractivity (Wildman–Crippen MR) is 141 cm³/mol. The highest BCUT2D eigenvalue weighted by Crippen LogP contribution is 2.36. The van der Waals surface area contributed by atoms with E-state index < -0.39 is 5.97 Å². The van der Waals surface area contributed by atoms with Crippen molar-refractivity contribution in [1.29, 1.82) is 0 Å². The standard InChI is InChI=1S/C27H22BrNO6S/c1-3-34-23-14-17(8-13-22(23)35-26(31)18-9-11-20(33-2)12-10-18)15-24-25(30)29(27(32)36-24)16-19-6-4-5-7-21(19)28/h4-15H,3,16H2,1-2H3/b24-15-. The number of esters is 1. The van der Waals surface area contributed by atoms with E-state index in [4.69, 9.17) is 14.2 Å². The molecule has 0 atom stereocenters. The van der Waals surface area contributed by atoms with Crippen LogP contribution in [0.4, 0.5) is 4.79 Å². The zero-order valence-corrected chi connectivity index (χ0v) is 21.9. The van der Waals surface area contributed by atoms with Crippen molar-refractivity contribution < 1.29 is 28.6 Å². The molecule has 1 aliphatic heterocycles. The van der Waals surface area contributed by atoms with Crippen molar-refractivity contribution in [2.45, 2.75) is 13.5 Å². The Morgan fingerprint density at radius 1 is 1.03 bits per heavy atom. The van der Waals surface area contributed by atoms with Crippen molar-refractivity contribution in [2.24, 2.45) is 0 Å². The van der Waals surface area contributed by atoms with E-state index in [9.17, 15) is 14.4 Å². The molecule has 0 aromatic heterocycles. The van der Waals surface area contributed by atoms with Gasteiger partial charge in [0.2, 0.25) is 0 Å². The van der Waals surface area contributed by atoms with Gasteiger partial charge < -0.3 is 14.2 Å². The maximum Gasteiger partial charge on any atom is 0.343 e. The van der Waals surface area contributed by atoms with E-state index in [2.05, 4.69) is 15.9 Å². The normalized spacial score (nSPS) is 14.3. The quantitative estimate of drug-likeness (QED) is 0.179. The SMILES string of the molecule is CCOc1cc(/C=C2\SC(=O)N(Cc3ccccc3Br)C2=O)ccc1OC(=O)c1ccc(OC)cc1. The van der Waals surface area contributed by atoms with Crippen LogP contribution in [0.15, 0.2) is 76.1 Å². The average Bonchev–Trinajstić information content (AvgIpc) is 3.14. The lowest BCUT2D eigenvalue weighted by molar-refractivity contribution is -0.123. The Morgan fingerprint density at radius 3 is 2.47 bits per heavy atom. The monoisotopic (exact) mass is 567 g/mol. The number of halogens is 1. The summed E-state index contributed by atoms with van der Waals surface area (Å²) in [6, 6.07) is 19.0. The highest BCUT2D eigenvalue weighted by atomic mass is 79.9. The molecule has 0 bridgehead atoms. The van der Waals surface area contributed by atoms with Crippen molar-refractivity contribution >= 4 is 50.9 Å². The molecule has 1 fully saturated rings. The first-order valence-corrected chi connectivity index (χ1v) is 12.6. The van der Waals surface area contributed by atoms with Gasteiger partial charge in [-0.1, -0.05) is 40.2 Å². The number of benzene rings is 3. The summed E-state index contributed by atoms with van der Waals surface area (Å²) in [5.74, 6) is 0.317. The van der Waals surface area contributed by atoms with Crippen LogP contribution in [-0.2, 0) is 11.3 Å². The van der Waals surface area contributed by atoms with Crippen LogP contribution < -0.4 is 14.2 Å². The molecular weight excluding hydrogens is 546 g/mol. The summed E-state index contributed by atoms with van der Waals surface area (Å²) >= 11 is 4.34. The van der Waals surface area contributed by atoms with Crippen LogP contribution in [0.5, 0.6) is 17.2 Å². The molecule has 3 aromatic rings. The molecule has 0 aliphatic carbocycles. The maximum absolute atomic E-state index is 13.0. The molecule has 4 rings (SSSR count). The Morgan fingerprint density at radius 2 is 1.78 bits per heavy atom. The van der Waals surface area contributed by atoms with Crippen LogP contribution in [0.3, 0.4) is 0 Å². The van der Waals surface area contributed by atoms with Crippen LogP contribution in [0.1, 0.15) is 28.4 Å². The summed E-state index contributed by atoms with van der Waals surface area (Å²) in [6.07, 6.45) is 1.63. The van der Waals surface area contributed by atoms with E-state index in [-0.39, 0.29) is 23.4 Å². The molecular formula is C27H22BrNO6S. The number of rotatable bonds is 8. The summed E-state index contributed by atoms with van der Waals surface area (Å²) < 4.78 is 17.2. The van der Waals surface area contributed by atoms with Crippen LogP contribution in [-0.4, -0.2) is 35.7 Å². The molecule has 36 heavy (non-hydrogen) atoms. The van der Waals surface area contributed by atoms with Gasteiger partial charge in [-0.2, -0.15) is 0 Å². The number of methoxy groups -OCH3 is 1. The van der Waals surface area contributed by atoms with Gasteiger partial charge in [0, 0.05) is 4.47 Å². The lowest BCUT2D eigenvalue weighted by atomic mass is 10.1. The average molecular weight is 568 g/mol. The van der Waals surface area contributed by atoms with Gasteiger partial charge in [-0.25, -0.2) is 4.79 Å². The molecule has 0 saturated carbocycles. The second-order valence-electron chi connectivity index (χ2n) is 7.62. The molecule has 1 saturated heterocycles. The minimum Gasteiger partial charge on any atom is -0.497 e. The number of hydrogen-bond acceptors (Lipinski definition) is 7. The Hall–Kier alpha value is -3.56. The largest absolute Gasteiger partial charge is 0.497 e. The molecule has 2 amide bonds. The van der Waals surface area contributed by atoms with Crippen molar-refractivity contribution in [1.82, 2.24) is 4.90 Å². The van der Waals surface area contributed by atoms with Gasteiger partial charge >= 0.3 is 5.97 Å². The third-order valence-corrected chi connectivity index (χ3v) is 6.93. The van der Waals surface area contributed by atoms with Gasteiger partial charge in [0.05, 0.1) is 30.7 Å². The number of carbonyl (C=O) groups excluding carboxylic acids is 3. The van der Waals surface area contributed by atoms with E-state index in [1.807, 2.05) is 31.2 Å². The van der Waals surface area contributed by atoms with Gasteiger partial charge in [-0.3, -0.25) is 14.5 Å². The lowest BCUT2D eigenvalue weighted by Gasteiger charge is -2.13. The third kappa shape index (κ3) is 5.80. The first-order valence-electron chi connectivity index (χ1n) is 11.0. The van der Waals surface area contributed by atoms with Gasteiger partial charge in [0.1, 0.15) is 5.75 Å². The second-order valence-corrected chi connectivity index (χ2v) is 9.46. The lowest BCUT2D eigenvalue weighted by Crippen LogP contribution is -2.27. The molecule has 0 radical (unpaired) electrons. The number of amides is 2. The van der Waals surface area contributed by atoms with Crippen molar-refractivity contribution in [3.8, 4) is 17.2 Å². The van der Waals surface area contributed by atoms with Crippen LogP contribution in [0.25, 0.3) is 6.08 Å². The fraction of sp³-hybridized carbons (Fsp3) is 0.148. The number of ether oxygens (including phenoxy) is 3. The minimum atomic E-state index is -0.542. The van der Waals surface area contributed by atoms with Crippen molar-refractivity contribution in [2.75, 3.05) is 13.7 Å². The van der Waals surface area contributed by atoms with Gasteiger partial charge in [-0.15, -0.1) is 0 Å². The molecule has 184 valence electrons. The first kappa shape index (κ1) is 25.5. The minimum absolute atomic E-state index is 0.174. The Kier molecular flexibility index (Phi) is 8.12. The Labute approximate surface area is 221 Å². The van der Waals surface area contributed by atoms with Crippen LogP contribution >= 0.6 is 27.7 Å². The highest BCUT2D eigenvalue weighted by Gasteiger charge is 2.35. The van der Waals surface area contributed by atoms with E-state index in [1.165, 1.54) is 4.90 Å². The Bertz CT molecular complexity index is 1340. The zero-order chi connectivity index (χ0) is 25.7. The number of hydrogen-bond donors (Lipinski definition) is 0. The van der Waals surface area contributed by atoms with Crippen molar-refractivity contribution in [3.63, 3.8) is 0 Å². The predicted octanol–water partition coefficient (Wildman–Crippen LogP) is 6.31. The summed E-state index contributed by atoms with van der Waals surface area (Å²) in [4.78, 5) is 39.6.